The highest BCUT2D eigenvalue weighted by Gasteiger charge is 2.45. The number of nitrogens with one attached hydrogen (secondary N) is 1. The first-order chi connectivity index (χ1) is 15.7. The van der Waals surface area contributed by atoms with Gasteiger partial charge in [-0.05, 0) is 45.0 Å². The Balaban J connectivity index is 1.80. The fourth-order valence-corrected chi connectivity index (χ4v) is 6.56. The number of fused-ring (bicyclic) bond motifs is 1. The molecule has 1 amide bonds. The second kappa shape index (κ2) is 8.35. The Hall–Kier alpha value is -2.44. The average molecular weight is 516 g/mol. The smallest absolute Gasteiger partial charge is 0.387 e. The van der Waals surface area contributed by atoms with Crippen LogP contribution in [0.1, 0.15) is 36.8 Å². The molecule has 1 aliphatic rings. The van der Waals surface area contributed by atoms with Gasteiger partial charge in [-0.25, -0.2) is 4.68 Å². The van der Waals surface area contributed by atoms with Crippen LogP contribution in [0.15, 0.2) is 36.4 Å². The molecule has 3 aromatic rings. The molecule has 0 spiro atoms. The quantitative estimate of drug-likeness (QED) is 0.376. The standard InChI is InChI=1S/C22H24ClF2N3O5S/c1-21(2,30)18-15-7-12(19(29)26-22(3)10-34(31,32)11-22)8-16(23)17(15)28(27-18)13-5-4-6-14(9-13)33-20(24)25/h4-9,20,30-32H,10-11H2,1-3H3,(H,26,29). The lowest BCUT2D eigenvalue weighted by molar-refractivity contribution is -0.0498. The summed E-state index contributed by atoms with van der Waals surface area (Å²) in [4.78, 5) is 12.9. The van der Waals surface area contributed by atoms with Crippen LogP contribution in [-0.4, -0.2) is 53.6 Å². The number of rotatable bonds is 6. The second-order valence-electron chi connectivity index (χ2n) is 9.16. The van der Waals surface area contributed by atoms with Crippen molar-refractivity contribution in [1.82, 2.24) is 15.1 Å². The molecule has 0 atom stereocenters. The Morgan fingerprint density at radius 2 is 1.97 bits per heavy atom. The minimum atomic E-state index is -3.00. The van der Waals surface area contributed by atoms with Crippen molar-refractivity contribution in [2.24, 2.45) is 0 Å². The van der Waals surface area contributed by atoms with E-state index in [0.717, 1.165) is 0 Å². The fourth-order valence-electron chi connectivity index (χ4n) is 4.16. The number of nitrogens with zero attached hydrogens (tertiary/aromatic N) is 2. The molecular formula is C22H24ClF2N3O5S. The lowest BCUT2D eigenvalue weighted by atomic mass is 9.99. The zero-order valence-electron chi connectivity index (χ0n) is 18.6. The zero-order valence-corrected chi connectivity index (χ0v) is 20.1. The van der Waals surface area contributed by atoms with Crippen LogP contribution in [-0.2, 0) is 5.60 Å². The Labute approximate surface area is 200 Å². The third-order valence-electron chi connectivity index (χ3n) is 5.37. The van der Waals surface area contributed by atoms with Gasteiger partial charge in [-0.3, -0.25) is 13.9 Å². The third-order valence-corrected chi connectivity index (χ3v) is 7.86. The average Bonchev–Trinajstić information content (AvgIpc) is 3.06. The Kier molecular flexibility index (Phi) is 6.06. The van der Waals surface area contributed by atoms with Gasteiger partial charge in [0, 0.05) is 17.0 Å². The Bertz CT molecular complexity index is 1270. The summed E-state index contributed by atoms with van der Waals surface area (Å²) >= 11 is 6.56. The summed E-state index contributed by atoms with van der Waals surface area (Å²) in [5, 5.41) is 18.6. The van der Waals surface area contributed by atoms with Crippen LogP contribution in [0.2, 0.25) is 5.02 Å². The third kappa shape index (κ3) is 4.84. The second-order valence-corrected chi connectivity index (χ2v) is 11.7. The molecule has 0 saturated carbocycles. The number of amides is 1. The van der Waals surface area contributed by atoms with Crippen LogP contribution in [0, 0.1) is 0 Å². The van der Waals surface area contributed by atoms with Gasteiger partial charge in [0.2, 0.25) is 0 Å². The van der Waals surface area contributed by atoms with E-state index in [4.69, 9.17) is 11.6 Å². The van der Waals surface area contributed by atoms with Gasteiger partial charge in [0.25, 0.3) is 5.91 Å². The van der Waals surface area contributed by atoms with Crippen molar-refractivity contribution in [2.75, 3.05) is 11.5 Å². The molecule has 0 aliphatic carbocycles. The molecule has 1 aromatic heterocycles. The number of benzene rings is 2. The number of halogens is 3. The maximum Gasteiger partial charge on any atom is 0.387 e. The fraction of sp³-hybridized carbons (Fsp3) is 0.364. The van der Waals surface area contributed by atoms with Crippen LogP contribution in [0.3, 0.4) is 0 Å². The highest BCUT2D eigenvalue weighted by atomic mass is 35.5. The van der Waals surface area contributed by atoms with Gasteiger partial charge in [0.05, 0.1) is 33.3 Å². The molecule has 4 N–H and O–H groups in total. The summed E-state index contributed by atoms with van der Waals surface area (Å²) in [6, 6.07) is 8.84. The maximum atomic E-state index is 12.9. The summed E-state index contributed by atoms with van der Waals surface area (Å²) in [7, 11) is -2.67. The van der Waals surface area contributed by atoms with Gasteiger partial charge in [-0.2, -0.15) is 24.5 Å². The van der Waals surface area contributed by atoms with Crippen molar-refractivity contribution in [3.05, 3.63) is 52.7 Å². The summed E-state index contributed by atoms with van der Waals surface area (Å²) in [6.07, 6.45) is 0. The maximum absolute atomic E-state index is 12.9. The van der Waals surface area contributed by atoms with E-state index >= 15 is 0 Å². The van der Waals surface area contributed by atoms with Gasteiger partial charge in [-0.15, -0.1) is 0 Å². The monoisotopic (exact) mass is 515 g/mol. The van der Waals surface area contributed by atoms with Gasteiger partial charge in [0.1, 0.15) is 17.0 Å². The van der Waals surface area contributed by atoms with Crippen molar-refractivity contribution >= 4 is 39.0 Å². The molecule has 0 bridgehead atoms. The van der Waals surface area contributed by atoms with Crippen LogP contribution >= 0.6 is 22.2 Å². The molecule has 1 fully saturated rings. The molecular weight excluding hydrogens is 492 g/mol. The van der Waals surface area contributed by atoms with E-state index in [9.17, 15) is 27.8 Å². The van der Waals surface area contributed by atoms with Gasteiger partial charge in [0.15, 0.2) is 0 Å². The minimum Gasteiger partial charge on any atom is -0.435 e. The van der Waals surface area contributed by atoms with Gasteiger partial charge >= 0.3 is 6.61 Å². The number of aromatic nitrogens is 2. The minimum absolute atomic E-state index is 0.0611. The predicted octanol–water partition coefficient (Wildman–Crippen LogP) is 4.76. The van der Waals surface area contributed by atoms with E-state index in [1.165, 1.54) is 48.9 Å². The summed E-state index contributed by atoms with van der Waals surface area (Å²) in [5.41, 5.74) is -1.02. The largest absolute Gasteiger partial charge is 0.435 e. The first kappa shape index (κ1) is 24.7. The van der Waals surface area contributed by atoms with E-state index in [2.05, 4.69) is 15.2 Å². The van der Waals surface area contributed by atoms with Crippen molar-refractivity contribution in [3.63, 3.8) is 0 Å². The highest BCUT2D eigenvalue weighted by Crippen LogP contribution is 2.53. The van der Waals surface area contributed by atoms with Crippen molar-refractivity contribution in [2.45, 2.75) is 38.5 Å². The van der Waals surface area contributed by atoms with Crippen LogP contribution in [0.25, 0.3) is 16.6 Å². The zero-order chi connectivity index (χ0) is 25.1. The molecule has 1 aliphatic heterocycles. The van der Waals surface area contributed by atoms with Crippen molar-refractivity contribution < 1.29 is 32.5 Å². The SMILES string of the molecule is CC1(NC(=O)c2cc(Cl)c3c(c2)c(C(C)(C)O)nn3-c2cccc(OC(F)F)c2)CS(O)(O)C1. The van der Waals surface area contributed by atoms with Crippen LogP contribution in [0.4, 0.5) is 8.78 Å². The topological polar surface area (TPSA) is 117 Å². The molecule has 8 nitrogen and oxygen atoms in total. The van der Waals surface area contributed by atoms with Crippen LogP contribution < -0.4 is 10.1 Å². The normalized spacial score (nSPS) is 17.9. The number of carbonyl (C=O) groups is 1. The molecule has 2 aromatic carbocycles. The van der Waals surface area contributed by atoms with Crippen molar-refractivity contribution in [3.8, 4) is 11.4 Å². The highest BCUT2D eigenvalue weighted by molar-refractivity contribution is 8.25. The van der Waals surface area contributed by atoms with Gasteiger partial charge < -0.3 is 15.2 Å². The lowest BCUT2D eigenvalue weighted by Gasteiger charge is -2.54. The number of ether oxygens (including phenoxy) is 1. The summed E-state index contributed by atoms with van der Waals surface area (Å²) in [5.74, 6) is -0.423. The number of carbonyl (C=O) groups excluding carboxylic acids is 1. The first-order valence-electron chi connectivity index (χ1n) is 10.2. The van der Waals surface area contributed by atoms with E-state index in [1.54, 1.807) is 13.0 Å². The lowest BCUT2D eigenvalue weighted by Crippen LogP contribution is -2.61. The van der Waals surface area contributed by atoms with E-state index in [0.29, 0.717) is 16.6 Å². The summed E-state index contributed by atoms with van der Waals surface area (Å²) in [6.45, 7) is 1.77. The first-order valence-corrected chi connectivity index (χ1v) is 12.5. The molecule has 1 saturated heterocycles. The van der Waals surface area contributed by atoms with Crippen LogP contribution in [0.5, 0.6) is 5.75 Å². The molecule has 184 valence electrons. The molecule has 0 radical (unpaired) electrons. The number of aliphatic hydroxyl groups is 1. The molecule has 12 heteroatoms. The molecule has 0 unspecified atom stereocenters. The molecule has 34 heavy (non-hydrogen) atoms. The predicted molar refractivity (Wildman–Crippen MR) is 126 cm³/mol. The number of hydrogen-bond donors (Lipinski definition) is 4. The number of hydrogen-bond acceptors (Lipinski definition) is 6. The Morgan fingerprint density at radius 3 is 2.56 bits per heavy atom. The molecule has 2 heterocycles. The van der Waals surface area contributed by atoms with E-state index in [-0.39, 0.29) is 33.5 Å². The Morgan fingerprint density at radius 1 is 1.29 bits per heavy atom. The van der Waals surface area contributed by atoms with Gasteiger partial charge in [-0.1, -0.05) is 17.7 Å². The van der Waals surface area contributed by atoms with E-state index < -0.39 is 34.2 Å². The number of alkyl halides is 2. The summed E-state index contributed by atoms with van der Waals surface area (Å²) < 4.78 is 50.6. The molecule has 4 rings (SSSR count). The van der Waals surface area contributed by atoms with E-state index in [1.807, 2.05) is 0 Å². The van der Waals surface area contributed by atoms with Crippen molar-refractivity contribution in [1.29, 1.82) is 0 Å².